The third kappa shape index (κ3) is 2.47. The second-order valence-corrected chi connectivity index (χ2v) is 5.30. The summed E-state index contributed by atoms with van der Waals surface area (Å²) in [6, 6.07) is 10.5. The molecule has 0 bridgehead atoms. The van der Waals surface area contributed by atoms with Gasteiger partial charge in [-0.05, 0) is 42.0 Å². The summed E-state index contributed by atoms with van der Waals surface area (Å²) in [6.45, 7) is 5.72. The number of carbonyl (C=O) groups excluding carboxylic acids is 1. The first-order chi connectivity index (χ1) is 8.09. The molecule has 2 rings (SSSR count). The van der Waals surface area contributed by atoms with Gasteiger partial charge in [0.05, 0.1) is 0 Å². The molecule has 0 amide bonds. The molecule has 88 valence electrons. The molecule has 2 heteroatoms. The maximum absolute atomic E-state index is 11.3. The van der Waals surface area contributed by atoms with Crippen molar-refractivity contribution in [2.24, 2.45) is 0 Å². The lowest BCUT2D eigenvalue weighted by Crippen LogP contribution is -2.03. The van der Waals surface area contributed by atoms with Crippen molar-refractivity contribution in [3.63, 3.8) is 0 Å². The molecule has 0 aliphatic carbocycles. The minimum atomic E-state index is -0.00603. The van der Waals surface area contributed by atoms with Crippen LogP contribution in [0.3, 0.4) is 0 Å². The zero-order valence-electron chi connectivity index (χ0n) is 10.4. The van der Waals surface area contributed by atoms with E-state index in [-0.39, 0.29) is 11.7 Å². The molecule has 1 heterocycles. The molecule has 1 aromatic carbocycles. The van der Waals surface area contributed by atoms with E-state index in [1.807, 2.05) is 6.92 Å². The molecular formula is C15H16OS. The van der Waals surface area contributed by atoms with E-state index in [1.54, 1.807) is 18.3 Å². The van der Waals surface area contributed by atoms with Gasteiger partial charge in [-0.1, -0.05) is 31.2 Å². The summed E-state index contributed by atoms with van der Waals surface area (Å²) < 4.78 is 0. The van der Waals surface area contributed by atoms with Crippen molar-refractivity contribution < 1.29 is 4.79 Å². The summed E-state index contributed by atoms with van der Waals surface area (Å²) in [7, 11) is 0. The summed E-state index contributed by atoms with van der Waals surface area (Å²) in [6.07, 6.45) is 0. The van der Waals surface area contributed by atoms with Gasteiger partial charge in [0.15, 0.2) is 0 Å². The Kier molecular flexibility index (Phi) is 3.43. The molecule has 17 heavy (non-hydrogen) atoms. The first-order valence-electron chi connectivity index (χ1n) is 5.74. The molecule has 1 atom stereocenters. The highest BCUT2D eigenvalue weighted by molar-refractivity contribution is 7.13. The molecule has 0 N–H and O–H groups in total. The van der Waals surface area contributed by atoms with Crippen LogP contribution in [-0.2, 0) is 4.79 Å². The van der Waals surface area contributed by atoms with Gasteiger partial charge >= 0.3 is 0 Å². The van der Waals surface area contributed by atoms with Crippen molar-refractivity contribution in [2.45, 2.75) is 26.7 Å². The van der Waals surface area contributed by atoms with Crippen LogP contribution < -0.4 is 0 Å². The van der Waals surface area contributed by atoms with Gasteiger partial charge in [-0.15, -0.1) is 11.3 Å². The molecule has 1 unspecified atom stereocenters. The Labute approximate surface area is 106 Å². The van der Waals surface area contributed by atoms with Gasteiger partial charge in [-0.3, -0.25) is 4.79 Å². The first-order valence-corrected chi connectivity index (χ1v) is 6.62. The highest BCUT2D eigenvalue weighted by Crippen LogP contribution is 2.30. The zero-order valence-corrected chi connectivity index (χ0v) is 11.2. The van der Waals surface area contributed by atoms with E-state index in [4.69, 9.17) is 0 Å². The molecule has 0 fully saturated rings. The number of Topliss-reactive ketones (excluding diaryl/α,β-unsaturated/α-hetero) is 1. The summed E-state index contributed by atoms with van der Waals surface area (Å²) in [5.41, 5.74) is 3.63. The van der Waals surface area contributed by atoms with Gasteiger partial charge < -0.3 is 0 Å². The normalized spacial score (nSPS) is 12.4. The molecule has 0 aliphatic rings. The van der Waals surface area contributed by atoms with Crippen molar-refractivity contribution >= 4 is 17.1 Å². The van der Waals surface area contributed by atoms with Crippen molar-refractivity contribution in [3.05, 3.63) is 46.8 Å². The average molecular weight is 244 g/mol. The number of benzene rings is 1. The molecule has 1 aromatic heterocycles. The largest absolute Gasteiger partial charge is 0.299 e. The average Bonchev–Trinajstić information content (AvgIpc) is 2.74. The van der Waals surface area contributed by atoms with Gasteiger partial charge in [-0.25, -0.2) is 0 Å². The SMILES string of the molecule is CC(=O)C(C)c1ccc(-c2sccc2C)cc1. The van der Waals surface area contributed by atoms with Crippen LogP contribution in [0, 0.1) is 6.92 Å². The number of thiophene rings is 1. The number of hydrogen-bond acceptors (Lipinski definition) is 2. The van der Waals surface area contributed by atoms with Crippen LogP contribution in [-0.4, -0.2) is 5.78 Å². The van der Waals surface area contributed by atoms with Crippen LogP contribution in [0.2, 0.25) is 0 Å². The Morgan fingerprint density at radius 3 is 2.29 bits per heavy atom. The molecule has 0 saturated heterocycles. The summed E-state index contributed by atoms with van der Waals surface area (Å²) >= 11 is 1.76. The van der Waals surface area contributed by atoms with E-state index in [1.165, 1.54) is 16.0 Å². The zero-order chi connectivity index (χ0) is 12.4. The molecule has 0 aliphatic heterocycles. The van der Waals surface area contributed by atoms with Crippen LogP contribution >= 0.6 is 11.3 Å². The number of aryl methyl sites for hydroxylation is 1. The standard InChI is InChI=1S/C15H16OS/c1-10-8-9-17-15(10)14-6-4-13(5-7-14)11(2)12(3)16/h4-9,11H,1-3H3. The summed E-state index contributed by atoms with van der Waals surface area (Å²) in [5, 5.41) is 2.11. The number of carbonyl (C=O) groups is 1. The van der Waals surface area contributed by atoms with E-state index in [9.17, 15) is 4.79 Å². The van der Waals surface area contributed by atoms with Gasteiger partial charge in [0.1, 0.15) is 5.78 Å². The topological polar surface area (TPSA) is 17.1 Å². The Balaban J connectivity index is 2.31. The fraction of sp³-hybridized carbons (Fsp3) is 0.267. The molecule has 1 nitrogen and oxygen atoms in total. The van der Waals surface area contributed by atoms with E-state index >= 15 is 0 Å². The third-order valence-corrected chi connectivity index (χ3v) is 4.21. The molecule has 0 saturated carbocycles. The highest BCUT2D eigenvalue weighted by Gasteiger charge is 2.10. The lowest BCUT2D eigenvalue weighted by molar-refractivity contribution is -0.118. The Bertz CT molecular complexity index is 522. The number of rotatable bonds is 3. The monoisotopic (exact) mass is 244 g/mol. The van der Waals surface area contributed by atoms with Gasteiger partial charge in [0.2, 0.25) is 0 Å². The van der Waals surface area contributed by atoms with Gasteiger partial charge in [0, 0.05) is 10.8 Å². The maximum atomic E-state index is 11.3. The van der Waals surface area contributed by atoms with Crippen molar-refractivity contribution in [1.29, 1.82) is 0 Å². The van der Waals surface area contributed by atoms with Gasteiger partial charge in [0.25, 0.3) is 0 Å². The Morgan fingerprint density at radius 1 is 1.18 bits per heavy atom. The molecule has 0 radical (unpaired) electrons. The van der Waals surface area contributed by atoms with Crippen LogP contribution in [0.5, 0.6) is 0 Å². The highest BCUT2D eigenvalue weighted by atomic mass is 32.1. The summed E-state index contributed by atoms with van der Waals surface area (Å²) in [4.78, 5) is 12.6. The Morgan fingerprint density at radius 2 is 1.82 bits per heavy atom. The maximum Gasteiger partial charge on any atom is 0.136 e. The van der Waals surface area contributed by atoms with Crippen LogP contribution in [0.1, 0.15) is 30.9 Å². The van der Waals surface area contributed by atoms with Crippen LogP contribution in [0.25, 0.3) is 10.4 Å². The lowest BCUT2D eigenvalue weighted by Gasteiger charge is -2.08. The number of ketones is 1. The minimum Gasteiger partial charge on any atom is -0.299 e. The van der Waals surface area contributed by atoms with Crippen LogP contribution in [0.15, 0.2) is 35.7 Å². The smallest absolute Gasteiger partial charge is 0.136 e. The second kappa shape index (κ2) is 4.84. The molecular weight excluding hydrogens is 228 g/mol. The van der Waals surface area contributed by atoms with E-state index < -0.39 is 0 Å². The van der Waals surface area contributed by atoms with Gasteiger partial charge in [-0.2, -0.15) is 0 Å². The first kappa shape index (κ1) is 12.1. The predicted molar refractivity (Wildman–Crippen MR) is 73.6 cm³/mol. The fourth-order valence-corrected chi connectivity index (χ4v) is 2.76. The van der Waals surface area contributed by atoms with E-state index in [2.05, 4.69) is 42.6 Å². The van der Waals surface area contributed by atoms with Crippen molar-refractivity contribution in [1.82, 2.24) is 0 Å². The minimum absolute atomic E-state index is 0.00603. The predicted octanol–water partition coefficient (Wildman–Crippen LogP) is 4.42. The summed E-state index contributed by atoms with van der Waals surface area (Å²) in [5.74, 6) is 0.207. The van der Waals surface area contributed by atoms with Crippen LogP contribution in [0.4, 0.5) is 0 Å². The van der Waals surface area contributed by atoms with Crippen molar-refractivity contribution in [2.75, 3.05) is 0 Å². The Hall–Kier alpha value is -1.41. The molecule has 0 spiro atoms. The number of hydrogen-bond donors (Lipinski definition) is 0. The fourth-order valence-electron chi connectivity index (χ4n) is 1.83. The van der Waals surface area contributed by atoms with E-state index in [0.717, 1.165) is 5.56 Å². The molecule has 2 aromatic rings. The van der Waals surface area contributed by atoms with E-state index in [0.29, 0.717) is 0 Å². The lowest BCUT2D eigenvalue weighted by atomic mass is 9.96. The van der Waals surface area contributed by atoms with Crippen molar-refractivity contribution in [3.8, 4) is 10.4 Å². The third-order valence-electron chi connectivity index (χ3n) is 3.14. The quantitative estimate of drug-likeness (QED) is 0.781. The second-order valence-electron chi connectivity index (χ2n) is 4.39.